The van der Waals surface area contributed by atoms with Crippen molar-refractivity contribution in [1.29, 1.82) is 10.5 Å². The molecule has 3 aromatic rings. The number of nitrogens with two attached hydrogens (primary N) is 1. The van der Waals surface area contributed by atoms with Crippen LogP contribution < -0.4 is 10.2 Å². The van der Waals surface area contributed by atoms with E-state index in [2.05, 4.69) is 21.8 Å². The summed E-state index contributed by atoms with van der Waals surface area (Å²) in [6, 6.07) is 15.1. The molecule has 0 unspecified atom stereocenters. The van der Waals surface area contributed by atoms with Crippen molar-refractivity contribution in [2.75, 3.05) is 5.73 Å². The van der Waals surface area contributed by atoms with Crippen molar-refractivity contribution < 1.29 is 13.2 Å². The SMILES string of the molecule is N#Cc1c([As])nc(-c2ccc(N)cc2)c(C#N)c1-c1ccc(C(F)(F)F)cc1. The molecule has 0 fully saturated rings. The molecule has 0 aliphatic carbocycles. The van der Waals surface area contributed by atoms with Crippen LogP contribution in [0.1, 0.15) is 16.7 Å². The van der Waals surface area contributed by atoms with Gasteiger partial charge in [0.05, 0.1) is 0 Å². The molecule has 0 saturated carbocycles. The summed E-state index contributed by atoms with van der Waals surface area (Å²) in [5.74, 6) is 0. The summed E-state index contributed by atoms with van der Waals surface area (Å²) in [5.41, 5.74) is 7.15. The summed E-state index contributed by atoms with van der Waals surface area (Å²) in [5, 5.41) is 19.3. The van der Waals surface area contributed by atoms with Crippen LogP contribution in [-0.4, -0.2) is 21.8 Å². The average molecular weight is 438 g/mol. The van der Waals surface area contributed by atoms with Crippen molar-refractivity contribution in [1.82, 2.24) is 4.98 Å². The zero-order chi connectivity index (χ0) is 20.5. The van der Waals surface area contributed by atoms with Crippen molar-refractivity contribution in [2.24, 2.45) is 0 Å². The normalized spacial score (nSPS) is 10.9. The molecule has 2 N–H and O–H groups in total. The average Bonchev–Trinajstić information content (AvgIpc) is 2.67. The third-order valence-corrected chi connectivity index (χ3v) is 4.77. The Bertz CT molecular complexity index is 1120. The molecule has 4 nitrogen and oxygen atoms in total. The molecule has 1 heterocycles. The van der Waals surface area contributed by atoms with Crippen molar-refractivity contribution >= 4 is 27.0 Å². The van der Waals surface area contributed by atoms with E-state index >= 15 is 0 Å². The molecule has 2 radical (unpaired) electrons. The third kappa shape index (κ3) is 3.58. The van der Waals surface area contributed by atoms with E-state index in [1.807, 2.05) is 12.1 Å². The van der Waals surface area contributed by atoms with E-state index in [1.165, 1.54) is 12.1 Å². The van der Waals surface area contributed by atoms with E-state index < -0.39 is 11.7 Å². The fourth-order valence-corrected chi connectivity index (χ4v) is 3.30. The molecule has 0 atom stereocenters. The Morgan fingerprint density at radius 3 is 1.89 bits per heavy atom. The number of nitriles is 2. The molecule has 3 rings (SSSR count). The van der Waals surface area contributed by atoms with E-state index in [0.717, 1.165) is 12.1 Å². The van der Waals surface area contributed by atoms with Gasteiger partial charge in [-0.05, 0) is 0 Å². The molecule has 0 saturated heterocycles. The van der Waals surface area contributed by atoms with Crippen LogP contribution in [0.2, 0.25) is 0 Å². The second-order valence-corrected chi connectivity index (χ2v) is 6.72. The topological polar surface area (TPSA) is 86.5 Å². The van der Waals surface area contributed by atoms with Crippen molar-refractivity contribution in [3.05, 3.63) is 65.2 Å². The molecule has 136 valence electrons. The van der Waals surface area contributed by atoms with Gasteiger partial charge in [0.25, 0.3) is 0 Å². The second kappa shape index (κ2) is 7.38. The minimum atomic E-state index is -4.48. The first-order chi connectivity index (χ1) is 13.3. The fourth-order valence-electron chi connectivity index (χ4n) is 2.75. The van der Waals surface area contributed by atoms with Gasteiger partial charge in [0.2, 0.25) is 0 Å². The third-order valence-electron chi connectivity index (χ3n) is 4.09. The van der Waals surface area contributed by atoms with Gasteiger partial charge in [0.1, 0.15) is 0 Å². The molecule has 0 aliphatic heterocycles. The number of pyridine rings is 1. The first-order valence-corrected chi connectivity index (χ1v) is 8.80. The van der Waals surface area contributed by atoms with Gasteiger partial charge in [-0.15, -0.1) is 0 Å². The predicted molar refractivity (Wildman–Crippen MR) is 99.3 cm³/mol. The number of rotatable bonds is 2. The van der Waals surface area contributed by atoms with Gasteiger partial charge in [-0.25, -0.2) is 0 Å². The van der Waals surface area contributed by atoms with E-state index in [4.69, 9.17) is 5.73 Å². The zero-order valence-corrected chi connectivity index (χ0v) is 16.0. The summed E-state index contributed by atoms with van der Waals surface area (Å²) in [4.78, 5) is 4.36. The zero-order valence-electron chi connectivity index (χ0n) is 14.1. The molecule has 8 heteroatoms. The van der Waals surface area contributed by atoms with E-state index in [-0.39, 0.29) is 16.7 Å². The maximum absolute atomic E-state index is 12.9. The first kappa shape index (κ1) is 19.5. The Morgan fingerprint density at radius 1 is 0.857 bits per heavy atom. The summed E-state index contributed by atoms with van der Waals surface area (Å²) >= 11 is 2.16. The Labute approximate surface area is 167 Å². The van der Waals surface area contributed by atoms with E-state index in [1.54, 1.807) is 24.3 Å². The molecule has 0 aliphatic rings. The van der Waals surface area contributed by atoms with Crippen LogP contribution in [0.15, 0.2) is 48.5 Å². The van der Waals surface area contributed by atoms with Gasteiger partial charge in [-0.1, -0.05) is 0 Å². The van der Waals surface area contributed by atoms with Crippen LogP contribution in [0.4, 0.5) is 18.9 Å². The van der Waals surface area contributed by atoms with Gasteiger partial charge in [0.15, 0.2) is 0 Å². The number of aromatic nitrogens is 1. The van der Waals surface area contributed by atoms with Gasteiger partial charge in [0, 0.05) is 0 Å². The number of alkyl halides is 3. The molecule has 0 spiro atoms. The quantitative estimate of drug-likeness (QED) is 0.490. The van der Waals surface area contributed by atoms with E-state index in [0.29, 0.717) is 27.0 Å². The summed E-state index contributed by atoms with van der Waals surface area (Å²) in [7, 11) is 0. The maximum atomic E-state index is 12.9. The Morgan fingerprint density at radius 2 is 1.39 bits per heavy atom. The van der Waals surface area contributed by atoms with Crippen LogP contribution in [0, 0.1) is 22.7 Å². The predicted octanol–water partition coefficient (Wildman–Crippen LogP) is 3.55. The van der Waals surface area contributed by atoms with Crippen molar-refractivity contribution in [3.8, 4) is 34.5 Å². The van der Waals surface area contributed by atoms with Crippen LogP contribution in [0.25, 0.3) is 22.4 Å². The van der Waals surface area contributed by atoms with Crippen molar-refractivity contribution in [2.45, 2.75) is 6.18 Å². The molecular weight excluding hydrogens is 428 g/mol. The molecule has 1 aromatic heterocycles. The number of halogens is 3. The summed E-state index contributed by atoms with van der Waals surface area (Å²) < 4.78 is 38.9. The molecule has 0 bridgehead atoms. The molecule has 2 aromatic carbocycles. The van der Waals surface area contributed by atoms with Crippen LogP contribution >= 0.6 is 0 Å². The Kier molecular flexibility index (Phi) is 5.14. The summed E-state index contributed by atoms with van der Waals surface area (Å²) in [6.45, 7) is 0. The van der Waals surface area contributed by atoms with Crippen molar-refractivity contribution in [3.63, 3.8) is 0 Å². The van der Waals surface area contributed by atoms with Gasteiger partial charge in [-0.2, -0.15) is 0 Å². The number of benzene rings is 2. The standard InChI is InChI=1S/C20H10AsF3N4/c21-19-16(10-26)17(11-1-5-13(6-2-11)20(22,23)24)15(9-25)18(28-19)12-3-7-14(27)8-4-12/h1-8H,27H2. The first-order valence-electron chi connectivity index (χ1n) is 7.87. The summed E-state index contributed by atoms with van der Waals surface area (Å²) in [6.07, 6.45) is -4.48. The van der Waals surface area contributed by atoms with Crippen LogP contribution in [0.5, 0.6) is 0 Å². The Balaban J connectivity index is 2.29. The number of hydrogen-bond acceptors (Lipinski definition) is 4. The number of hydrogen-bond donors (Lipinski definition) is 1. The number of anilines is 1. The molecule has 0 amide bonds. The monoisotopic (exact) mass is 438 g/mol. The number of nitrogen functional groups attached to an aromatic ring is 1. The van der Waals surface area contributed by atoms with Crippen LogP contribution in [-0.2, 0) is 6.18 Å². The fraction of sp³-hybridized carbons (Fsp3) is 0.0500. The van der Waals surface area contributed by atoms with Gasteiger partial charge < -0.3 is 0 Å². The Hall–Kier alpha value is -3.28. The molecular formula is C20H10AsF3N4. The minimum absolute atomic E-state index is 0.107. The van der Waals surface area contributed by atoms with E-state index in [9.17, 15) is 23.7 Å². The van der Waals surface area contributed by atoms with Gasteiger partial charge >= 0.3 is 167 Å². The number of nitrogens with zero attached hydrogens (tertiary/aromatic N) is 3. The second-order valence-electron chi connectivity index (χ2n) is 5.83. The molecule has 28 heavy (non-hydrogen) atoms. The van der Waals surface area contributed by atoms with Gasteiger partial charge in [-0.3, -0.25) is 0 Å². The van der Waals surface area contributed by atoms with Crippen LogP contribution in [0.3, 0.4) is 0 Å².